The van der Waals surface area contributed by atoms with Gasteiger partial charge >= 0.3 is 0 Å². The molecule has 7 nitrogen and oxygen atoms in total. The third-order valence-electron chi connectivity index (χ3n) is 5.37. The van der Waals surface area contributed by atoms with E-state index in [1.807, 2.05) is 11.8 Å². The van der Waals surface area contributed by atoms with Crippen molar-refractivity contribution in [2.45, 2.75) is 32.1 Å². The topological polar surface area (TPSA) is 83.0 Å². The first-order chi connectivity index (χ1) is 12.5. The molecular weight excluding hydrogens is 499 g/mol. The smallest absolute Gasteiger partial charge is 0.215 e. The number of methoxy groups -OCH3 is 1. The quantitative estimate of drug-likeness (QED) is 0.267. The maximum absolute atomic E-state index is 12.4. The Bertz CT molecular complexity index is 548. The Labute approximate surface area is 185 Å². The monoisotopic (exact) mass is 534 g/mol. The second kappa shape index (κ2) is 12.7. The van der Waals surface area contributed by atoms with Crippen LogP contribution >= 0.6 is 35.7 Å². The molecule has 2 N–H and O–H groups in total. The van der Waals surface area contributed by atoms with Gasteiger partial charge in [-0.3, -0.25) is 4.99 Å². The van der Waals surface area contributed by atoms with Gasteiger partial charge in [0.2, 0.25) is 10.0 Å². The van der Waals surface area contributed by atoms with Gasteiger partial charge in [-0.15, -0.1) is 24.0 Å². The van der Waals surface area contributed by atoms with Crippen molar-refractivity contribution in [1.82, 2.24) is 14.9 Å². The van der Waals surface area contributed by atoms with Crippen LogP contribution in [0, 0.1) is 5.41 Å². The summed E-state index contributed by atoms with van der Waals surface area (Å²) in [6.45, 7) is 3.26. The summed E-state index contributed by atoms with van der Waals surface area (Å²) < 4.78 is 31.7. The molecule has 1 aliphatic heterocycles. The Balaban J connectivity index is 0.00000364. The van der Waals surface area contributed by atoms with Gasteiger partial charge in [0.25, 0.3) is 0 Å². The molecule has 2 fully saturated rings. The van der Waals surface area contributed by atoms with Crippen molar-refractivity contribution in [2.75, 3.05) is 64.2 Å². The van der Waals surface area contributed by atoms with E-state index in [2.05, 4.69) is 15.6 Å². The molecule has 1 saturated heterocycles. The summed E-state index contributed by atoms with van der Waals surface area (Å²) in [5, 5.41) is 6.56. The molecule has 1 saturated carbocycles. The van der Waals surface area contributed by atoms with Gasteiger partial charge in [0, 0.05) is 58.4 Å². The lowest BCUT2D eigenvalue weighted by molar-refractivity contribution is 0.138. The van der Waals surface area contributed by atoms with E-state index in [0.717, 1.165) is 31.1 Å². The number of hydrogen-bond donors (Lipinski definition) is 2. The third kappa shape index (κ3) is 8.23. The Kier molecular flexibility index (Phi) is 11.9. The SMILES string of the molecule is CN=C(NCCS(=O)(=O)N1CCSCC1)NCC1(CCOC)CCCC1.I. The number of nitrogens with one attached hydrogen (secondary N) is 2. The van der Waals surface area contributed by atoms with Crippen LogP contribution in [0.25, 0.3) is 0 Å². The van der Waals surface area contributed by atoms with Gasteiger partial charge in [-0.25, -0.2) is 12.7 Å². The number of halogens is 1. The van der Waals surface area contributed by atoms with Crippen molar-refractivity contribution in [2.24, 2.45) is 10.4 Å². The summed E-state index contributed by atoms with van der Waals surface area (Å²) in [5.74, 6) is 2.56. The van der Waals surface area contributed by atoms with Crippen LogP contribution in [0.4, 0.5) is 0 Å². The van der Waals surface area contributed by atoms with Gasteiger partial charge in [0.1, 0.15) is 0 Å². The predicted octanol–water partition coefficient (Wildman–Crippen LogP) is 1.74. The highest BCUT2D eigenvalue weighted by Crippen LogP contribution is 2.40. The van der Waals surface area contributed by atoms with Crippen LogP contribution in [0.1, 0.15) is 32.1 Å². The summed E-state index contributed by atoms with van der Waals surface area (Å²) in [7, 11) is 0.289. The Morgan fingerprint density at radius 2 is 1.89 bits per heavy atom. The number of sulfonamides is 1. The number of thioether (sulfide) groups is 1. The first-order valence-corrected chi connectivity index (χ1v) is 12.3. The molecule has 1 heterocycles. The van der Waals surface area contributed by atoms with E-state index >= 15 is 0 Å². The van der Waals surface area contributed by atoms with E-state index in [0.29, 0.717) is 25.6 Å². The molecule has 0 aromatic rings. The van der Waals surface area contributed by atoms with E-state index in [4.69, 9.17) is 4.74 Å². The first-order valence-electron chi connectivity index (χ1n) is 9.50. The van der Waals surface area contributed by atoms with Crippen LogP contribution in [0.5, 0.6) is 0 Å². The van der Waals surface area contributed by atoms with E-state index in [-0.39, 0.29) is 35.1 Å². The van der Waals surface area contributed by atoms with Gasteiger partial charge in [-0.1, -0.05) is 12.8 Å². The Morgan fingerprint density at radius 3 is 2.48 bits per heavy atom. The zero-order chi connectivity index (χ0) is 18.9. The lowest BCUT2D eigenvalue weighted by Crippen LogP contribution is -2.46. The number of ether oxygens (including phenoxy) is 1. The van der Waals surface area contributed by atoms with Gasteiger partial charge < -0.3 is 15.4 Å². The van der Waals surface area contributed by atoms with Crippen LogP contribution in [-0.4, -0.2) is 82.9 Å². The van der Waals surface area contributed by atoms with Crippen molar-refractivity contribution in [3.63, 3.8) is 0 Å². The summed E-state index contributed by atoms with van der Waals surface area (Å²) in [5.41, 5.74) is 0.269. The minimum absolute atomic E-state index is 0. The summed E-state index contributed by atoms with van der Waals surface area (Å²) in [6.07, 6.45) is 6.01. The molecule has 10 heteroatoms. The highest BCUT2D eigenvalue weighted by atomic mass is 127. The van der Waals surface area contributed by atoms with Crippen LogP contribution in [0.15, 0.2) is 4.99 Å². The Hall–Kier alpha value is 0.220. The molecule has 0 amide bonds. The highest BCUT2D eigenvalue weighted by Gasteiger charge is 2.33. The van der Waals surface area contributed by atoms with Crippen molar-refractivity contribution >= 4 is 51.7 Å². The largest absolute Gasteiger partial charge is 0.385 e. The molecule has 0 atom stereocenters. The second-order valence-electron chi connectivity index (χ2n) is 7.13. The average molecular weight is 535 g/mol. The van der Waals surface area contributed by atoms with Crippen molar-refractivity contribution in [3.8, 4) is 0 Å². The maximum atomic E-state index is 12.4. The fourth-order valence-electron chi connectivity index (χ4n) is 3.70. The number of hydrogen-bond acceptors (Lipinski definition) is 5. The standard InChI is InChI=1S/C17H34N4O3S2.HI/c1-18-16(20-15-17(7-11-24-2)5-3-4-6-17)19-8-14-26(22,23)21-9-12-25-13-10-21;/h3-15H2,1-2H3,(H2,18,19,20);1H. The van der Waals surface area contributed by atoms with E-state index in [1.165, 1.54) is 25.7 Å². The molecule has 0 bridgehead atoms. The molecule has 160 valence electrons. The van der Waals surface area contributed by atoms with Crippen molar-refractivity contribution in [3.05, 3.63) is 0 Å². The fourth-order valence-corrected chi connectivity index (χ4v) is 6.19. The highest BCUT2D eigenvalue weighted by molar-refractivity contribution is 14.0. The number of aliphatic imine (C=N–C) groups is 1. The Morgan fingerprint density at radius 1 is 1.22 bits per heavy atom. The second-order valence-corrected chi connectivity index (χ2v) is 10.4. The van der Waals surface area contributed by atoms with E-state index in [9.17, 15) is 8.42 Å². The van der Waals surface area contributed by atoms with Crippen LogP contribution in [-0.2, 0) is 14.8 Å². The summed E-state index contributed by atoms with van der Waals surface area (Å²) >= 11 is 1.81. The first kappa shape index (κ1) is 25.3. The van der Waals surface area contributed by atoms with Crippen LogP contribution in [0.2, 0.25) is 0 Å². The molecule has 2 aliphatic rings. The minimum atomic E-state index is -3.18. The number of guanidine groups is 1. The van der Waals surface area contributed by atoms with Gasteiger partial charge in [-0.2, -0.15) is 11.8 Å². The molecule has 0 aromatic heterocycles. The molecule has 0 aromatic carbocycles. The lowest BCUT2D eigenvalue weighted by atomic mass is 9.83. The lowest BCUT2D eigenvalue weighted by Gasteiger charge is -2.30. The molecule has 0 spiro atoms. The molecular formula is C17H35IN4O3S2. The number of nitrogens with zero attached hydrogens (tertiary/aromatic N) is 2. The normalized spacial score (nSPS) is 20.9. The fraction of sp³-hybridized carbons (Fsp3) is 0.941. The minimum Gasteiger partial charge on any atom is -0.385 e. The van der Waals surface area contributed by atoms with Crippen molar-refractivity contribution in [1.29, 1.82) is 0 Å². The van der Waals surface area contributed by atoms with E-state index < -0.39 is 10.0 Å². The maximum Gasteiger partial charge on any atom is 0.215 e. The van der Waals surface area contributed by atoms with Crippen molar-refractivity contribution < 1.29 is 13.2 Å². The predicted molar refractivity (Wildman–Crippen MR) is 125 cm³/mol. The molecule has 2 rings (SSSR count). The molecule has 27 heavy (non-hydrogen) atoms. The zero-order valence-corrected chi connectivity index (χ0v) is 20.5. The van der Waals surface area contributed by atoms with Crippen LogP contribution in [0.3, 0.4) is 0 Å². The van der Waals surface area contributed by atoms with Crippen LogP contribution < -0.4 is 10.6 Å². The molecule has 0 radical (unpaired) electrons. The average Bonchev–Trinajstić information content (AvgIpc) is 3.12. The zero-order valence-electron chi connectivity index (χ0n) is 16.5. The van der Waals surface area contributed by atoms with Gasteiger partial charge in [0.15, 0.2) is 5.96 Å². The van der Waals surface area contributed by atoms with Gasteiger partial charge in [0.05, 0.1) is 5.75 Å². The van der Waals surface area contributed by atoms with Gasteiger partial charge in [-0.05, 0) is 24.7 Å². The molecule has 0 unspecified atom stereocenters. The van der Waals surface area contributed by atoms with E-state index in [1.54, 1.807) is 18.5 Å². The third-order valence-corrected chi connectivity index (χ3v) is 8.19. The summed E-state index contributed by atoms with van der Waals surface area (Å²) in [6, 6.07) is 0. The summed E-state index contributed by atoms with van der Waals surface area (Å²) in [4.78, 5) is 4.24. The molecule has 1 aliphatic carbocycles. The number of rotatable bonds is 9.